The van der Waals surface area contributed by atoms with Crippen molar-refractivity contribution in [1.29, 1.82) is 0 Å². The zero-order chi connectivity index (χ0) is 17.4. The minimum absolute atomic E-state index is 0.242. The Morgan fingerprint density at radius 2 is 2.20 bits per heavy atom. The predicted molar refractivity (Wildman–Crippen MR) is 102 cm³/mol. The van der Waals surface area contributed by atoms with E-state index in [1.165, 1.54) is 12.8 Å². The van der Waals surface area contributed by atoms with Crippen molar-refractivity contribution in [1.82, 2.24) is 15.0 Å². The van der Waals surface area contributed by atoms with E-state index >= 15 is 4.39 Å². The van der Waals surface area contributed by atoms with Crippen molar-refractivity contribution in [2.24, 2.45) is 5.92 Å². The fourth-order valence-electron chi connectivity index (χ4n) is 4.04. The third kappa shape index (κ3) is 3.43. The summed E-state index contributed by atoms with van der Waals surface area (Å²) in [6, 6.07) is 10.2. The number of fused-ring (bicyclic) bond motifs is 2. The van der Waals surface area contributed by atoms with Gasteiger partial charge in [-0.1, -0.05) is 35.7 Å². The van der Waals surface area contributed by atoms with E-state index in [2.05, 4.69) is 15.0 Å². The largest absolute Gasteiger partial charge is 0.309 e. The number of benzene rings is 1. The normalized spacial score (nSPS) is 27.8. The van der Waals surface area contributed by atoms with Crippen molar-refractivity contribution in [3.63, 3.8) is 0 Å². The average molecular weight is 378 g/mol. The summed E-state index contributed by atoms with van der Waals surface area (Å²) in [4.78, 5) is 4.25. The Kier molecular flexibility index (Phi) is 5.00. The third-order valence-corrected chi connectivity index (χ3v) is 6.07. The lowest BCUT2D eigenvalue weighted by molar-refractivity contribution is 0.0824. The lowest BCUT2D eigenvalue weighted by Crippen LogP contribution is -2.66. The standard InChI is InChI=1S/C19H21ClFN3S/c1-25-24-18-13-8-15(9-13)23-16(18)10-11-5-6-22-19(17(11)21)12-3-2-4-14(20)7-12/h2-7,13,15-16,18,23-24H,8-10H2,1H3. The minimum atomic E-state index is -0.242. The summed E-state index contributed by atoms with van der Waals surface area (Å²) in [6.07, 6.45) is 6.84. The molecule has 5 rings (SSSR count). The van der Waals surface area contributed by atoms with Crippen LogP contribution in [0.3, 0.4) is 0 Å². The molecule has 1 saturated carbocycles. The van der Waals surface area contributed by atoms with Gasteiger partial charge in [-0.2, -0.15) is 0 Å². The van der Waals surface area contributed by atoms with Gasteiger partial charge in [0, 0.05) is 34.9 Å². The number of halogens is 2. The first-order valence-corrected chi connectivity index (χ1v) is 10.2. The lowest BCUT2D eigenvalue weighted by atomic mass is 9.68. The highest BCUT2D eigenvalue weighted by molar-refractivity contribution is 7.96. The van der Waals surface area contributed by atoms with E-state index < -0.39 is 0 Å². The molecule has 6 heteroatoms. The molecule has 3 fully saturated rings. The van der Waals surface area contributed by atoms with Crippen LogP contribution in [0.25, 0.3) is 11.3 Å². The number of aromatic nitrogens is 1. The van der Waals surface area contributed by atoms with Crippen molar-refractivity contribution in [2.75, 3.05) is 6.26 Å². The van der Waals surface area contributed by atoms with Crippen LogP contribution < -0.4 is 10.0 Å². The maximum Gasteiger partial charge on any atom is 0.152 e. The van der Waals surface area contributed by atoms with Crippen molar-refractivity contribution < 1.29 is 4.39 Å². The highest BCUT2D eigenvalue weighted by Gasteiger charge is 2.45. The fraction of sp³-hybridized carbons (Fsp3) is 0.421. The van der Waals surface area contributed by atoms with Gasteiger partial charge < -0.3 is 5.32 Å². The maximum absolute atomic E-state index is 15.1. The summed E-state index contributed by atoms with van der Waals surface area (Å²) in [5.74, 6) is 0.453. The molecule has 1 aliphatic carbocycles. The van der Waals surface area contributed by atoms with Crippen LogP contribution in [0.2, 0.25) is 5.02 Å². The molecule has 0 spiro atoms. The van der Waals surface area contributed by atoms with Crippen LogP contribution in [0.5, 0.6) is 0 Å². The fourth-order valence-corrected chi connectivity index (χ4v) is 4.86. The predicted octanol–water partition coefficient (Wildman–Crippen LogP) is 4.07. The second-order valence-corrected chi connectivity index (χ2v) is 7.98. The van der Waals surface area contributed by atoms with Gasteiger partial charge in [0.2, 0.25) is 0 Å². The van der Waals surface area contributed by atoms with Crippen LogP contribution in [0.4, 0.5) is 4.39 Å². The summed E-state index contributed by atoms with van der Waals surface area (Å²) in [5.41, 5.74) is 1.79. The molecule has 2 N–H and O–H groups in total. The second-order valence-electron chi connectivity index (χ2n) is 6.90. The SMILES string of the molecule is CSNC1C2CC(C2)NC1Cc1ccnc(-c2cccc(Cl)c2)c1F. The van der Waals surface area contributed by atoms with Crippen LogP contribution in [0.15, 0.2) is 36.5 Å². The summed E-state index contributed by atoms with van der Waals surface area (Å²) in [6.45, 7) is 0. The molecule has 1 aromatic carbocycles. The van der Waals surface area contributed by atoms with Crippen LogP contribution in [-0.4, -0.2) is 29.4 Å². The van der Waals surface area contributed by atoms with E-state index in [-0.39, 0.29) is 11.9 Å². The Morgan fingerprint density at radius 3 is 2.96 bits per heavy atom. The Hall–Kier alpha value is -1.14. The lowest BCUT2D eigenvalue weighted by Gasteiger charge is -2.52. The van der Waals surface area contributed by atoms with Gasteiger partial charge >= 0.3 is 0 Å². The Balaban J connectivity index is 1.60. The molecule has 0 radical (unpaired) electrons. The van der Waals surface area contributed by atoms with Gasteiger partial charge in [0.1, 0.15) is 5.69 Å². The second kappa shape index (κ2) is 7.23. The molecule has 2 atom stereocenters. The van der Waals surface area contributed by atoms with Crippen molar-refractivity contribution in [3.8, 4) is 11.3 Å². The van der Waals surface area contributed by atoms with E-state index in [1.54, 1.807) is 36.3 Å². The molecular formula is C19H21ClFN3S. The molecular weight excluding hydrogens is 357 g/mol. The first kappa shape index (κ1) is 17.3. The number of piperidine rings is 2. The number of nitrogens with one attached hydrogen (secondary N) is 2. The summed E-state index contributed by atoms with van der Waals surface area (Å²) in [5, 5.41) is 4.26. The molecule has 25 heavy (non-hydrogen) atoms. The molecule has 132 valence electrons. The summed E-state index contributed by atoms with van der Waals surface area (Å²) >= 11 is 7.69. The molecule has 2 aliphatic heterocycles. The number of nitrogens with zero attached hydrogens (tertiary/aromatic N) is 1. The van der Waals surface area contributed by atoms with Crippen LogP contribution in [0, 0.1) is 11.7 Å². The Bertz CT molecular complexity index is 766. The topological polar surface area (TPSA) is 37.0 Å². The van der Waals surface area contributed by atoms with Crippen LogP contribution in [0.1, 0.15) is 18.4 Å². The zero-order valence-corrected chi connectivity index (χ0v) is 15.6. The van der Waals surface area contributed by atoms with Gasteiger partial charge in [-0.25, -0.2) is 4.39 Å². The molecule has 2 bridgehead atoms. The Labute approximate surface area is 156 Å². The maximum atomic E-state index is 15.1. The van der Waals surface area contributed by atoms with Gasteiger partial charge in [-0.05, 0) is 55.2 Å². The van der Waals surface area contributed by atoms with Crippen molar-refractivity contribution in [3.05, 3.63) is 52.9 Å². The molecule has 2 aromatic rings. The summed E-state index contributed by atoms with van der Waals surface area (Å²) < 4.78 is 18.6. The molecule has 2 unspecified atom stereocenters. The average Bonchev–Trinajstić information content (AvgIpc) is 2.57. The van der Waals surface area contributed by atoms with Gasteiger partial charge in [-0.3, -0.25) is 9.71 Å². The molecule has 2 saturated heterocycles. The number of pyridine rings is 1. The highest BCUT2D eigenvalue weighted by Crippen LogP contribution is 2.38. The van der Waals surface area contributed by atoms with E-state index in [9.17, 15) is 0 Å². The van der Waals surface area contributed by atoms with Gasteiger partial charge in [0.25, 0.3) is 0 Å². The first-order valence-electron chi connectivity index (χ1n) is 8.59. The number of hydrogen-bond acceptors (Lipinski definition) is 4. The van der Waals surface area contributed by atoms with Gasteiger partial charge in [-0.15, -0.1) is 0 Å². The molecule has 0 amide bonds. The Morgan fingerprint density at radius 1 is 1.36 bits per heavy atom. The van der Waals surface area contributed by atoms with Crippen molar-refractivity contribution in [2.45, 2.75) is 37.4 Å². The monoisotopic (exact) mass is 377 g/mol. The molecule has 3 nitrogen and oxygen atoms in total. The molecule has 3 aliphatic rings. The van der Waals surface area contributed by atoms with Crippen LogP contribution in [-0.2, 0) is 6.42 Å². The first-order chi connectivity index (χ1) is 12.2. The highest BCUT2D eigenvalue weighted by atomic mass is 35.5. The number of hydrogen-bond donors (Lipinski definition) is 2. The smallest absolute Gasteiger partial charge is 0.152 e. The summed E-state index contributed by atoms with van der Waals surface area (Å²) in [7, 11) is 0. The molecule has 1 aromatic heterocycles. The quantitative estimate of drug-likeness (QED) is 0.770. The van der Waals surface area contributed by atoms with Gasteiger partial charge in [0.15, 0.2) is 5.82 Å². The minimum Gasteiger partial charge on any atom is -0.309 e. The van der Waals surface area contributed by atoms with E-state index in [0.717, 1.165) is 0 Å². The third-order valence-electron chi connectivity index (χ3n) is 5.33. The number of rotatable bonds is 5. The van der Waals surface area contributed by atoms with Crippen LogP contribution >= 0.6 is 23.5 Å². The van der Waals surface area contributed by atoms with E-state index in [1.807, 2.05) is 18.4 Å². The molecule has 3 heterocycles. The van der Waals surface area contributed by atoms with E-state index in [0.29, 0.717) is 46.3 Å². The van der Waals surface area contributed by atoms with Gasteiger partial charge in [0.05, 0.1) is 0 Å². The zero-order valence-electron chi connectivity index (χ0n) is 14.0. The van der Waals surface area contributed by atoms with Crippen molar-refractivity contribution >= 4 is 23.5 Å². The van der Waals surface area contributed by atoms with E-state index in [4.69, 9.17) is 11.6 Å².